The summed E-state index contributed by atoms with van der Waals surface area (Å²) in [6.45, 7) is 19.7. The van der Waals surface area contributed by atoms with Crippen molar-refractivity contribution >= 4 is 157 Å². The van der Waals surface area contributed by atoms with E-state index in [9.17, 15) is 72.7 Å². The molecule has 8 N–H and O–H groups in total. The first-order chi connectivity index (χ1) is 48.4. The zero-order valence-electron chi connectivity index (χ0n) is 61.6. The van der Waals surface area contributed by atoms with Crippen LogP contribution in [0.5, 0.6) is 0 Å². The quantitative estimate of drug-likeness (QED) is 0.00385. The SMILES string of the molecule is CCN(CCCCS(=O)(=O)[O-])c1ccc(N=Nc2c(C#N)c(C(C)(C)C)nn2-c2nc(NCCSOO[O-])nc(NCCS(=O)(=O)[O-])n2)c(NC(C)=O)c1.CCN(CCCCS(=O)(=O)[O-])c1ccc(N=Nc2n[nH]c(C(C)(C)C)c2C#N)c(NC(C)=O)c1.Clc1nc(Cl)nc(Cl)n1.NCCS(=O)(=O)O.[Na+].[Na+].[Na+].[Na+]. The molecule has 2 amide bonds. The van der Waals surface area contributed by atoms with E-state index >= 15 is 0 Å². The first kappa shape index (κ1) is 106. The molecule has 6 aromatic rings. The van der Waals surface area contributed by atoms with E-state index in [0.717, 1.165) is 10.4 Å². The number of halogens is 3. The Morgan fingerprint density at radius 3 is 1.47 bits per heavy atom. The molecule has 40 nitrogen and oxygen atoms in total. The van der Waals surface area contributed by atoms with Crippen molar-refractivity contribution in [2.75, 3.05) is 106 Å². The third-order valence-corrected chi connectivity index (χ3v) is 17.0. The maximum Gasteiger partial charge on any atom is 1.00 e. The number of aromatic nitrogens is 10. The number of carbonyl (C=O) groups is 2. The molecule has 6 rings (SSSR count). The fraction of sp³-hybridized carbons (Fsp3) is 0.500. The Morgan fingerprint density at radius 1 is 0.657 bits per heavy atom. The van der Waals surface area contributed by atoms with Crippen molar-refractivity contribution in [2.45, 2.75) is 106 Å². The Balaban J connectivity index is 0. The van der Waals surface area contributed by atoms with Gasteiger partial charge in [0.25, 0.3) is 16.1 Å². The van der Waals surface area contributed by atoms with E-state index in [1.165, 1.54) is 13.8 Å². The van der Waals surface area contributed by atoms with Gasteiger partial charge in [-0.15, -0.1) is 20.5 Å². The van der Waals surface area contributed by atoms with Crippen LogP contribution in [0.4, 0.5) is 57.7 Å². The zero-order chi connectivity index (χ0) is 78.4. The number of anilines is 6. The molecule has 0 saturated heterocycles. The molecule has 0 fully saturated rings. The molecule has 572 valence electrons. The van der Waals surface area contributed by atoms with E-state index in [0.29, 0.717) is 85.1 Å². The number of nitriles is 2. The van der Waals surface area contributed by atoms with E-state index in [4.69, 9.17) is 45.1 Å². The third kappa shape index (κ3) is 41.1. The predicted molar refractivity (Wildman–Crippen MR) is 382 cm³/mol. The van der Waals surface area contributed by atoms with Gasteiger partial charge in [-0.2, -0.15) is 68.1 Å². The van der Waals surface area contributed by atoms with E-state index < -0.39 is 69.1 Å². The van der Waals surface area contributed by atoms with Gasteiger partial charge in [0, 0.05) is 111 Å². The van der Waals surface area contributed by atoms with Gasteiger partial charge in [0.15, 0.2) is 5.82 Å². The summed E-state index contributed by atoms with van der Waals surface area (Å²) in [5.74, 6) is -2.84. The maximum atomic E-state index is 12.2. The summed E-state index contributed by atoms with van der Waals surface area (Å²) in [6, 6.07) is 14.4. The van der Waals surface area contributed by atoms with Crippen molar-refractivity contribution in [3.05, 3.63) is 74.8 Å². The molecule has 0 radical (unpaired) electrons. The Hall–Kier alpha value is -4.10. The van der Waals surface area contributed by atoms with Gasteiger partial charge in [-0.3, -0.25) is 24.3 Å². The second-order valence-electron chi connectivity index (χ2n) is 23.3. The van der Waals surface area contributed by atoms with Crippen LogP contribution in [0.15, 0.2) is 56.9 Å². The number of nitrogens with two attached hydrogens (primary N) is 1. The van der Waals surface area contributed by atoms with E-state index in [1.807, 2.05) is 71.3 Å². The number of rotatable bonds is 33. The average molecular weight is 1700 g/mol. The first-order valence-corrected chi connectivity index (χ1v) is 39.0. The van der Waals surface area contributed by atoms with Gasteiger partial charge >= 0.3 is 118 Å². The summed E-state index contributed by atoms with van der Waals surface area (Å²) in [6.07, 6.45) is 1.41. The van der Waals surface area contributed by atoms with Gasteiger partial charge < -0.3 is 55.7 Å². The molecule has 0 atom stereocenters. The summed E-state index contributed by atoms with van der Waals surface area (Å²) in [4.78, 5) is 51.2. The van der Waals surface area contributed by atoms with Crippen molar-refractivity contribution in [3.8, 4) is 18.1 Å². The second-order valence-corrected chi connectivity index (χ2v) is 31.3. The fourth-order valence-corrected chi connectivity index (χ4v) is 11.1. The number of nitrogens with zero attached hydrogens (tertiary/aromatic N) is 17. The Bertz CT molecular complexity index is 4470. The van der Waals surface area contributed by atoms with Crippen LogP contribution in [-0.2, 0) is 70.3 Å². The van der Waals surface area contributed by atoms with Crippen LogP contribution in [0.3, 0.4) is 0 Å². The minimum atomic E-state index is -4.58. The number of hydrogen-bond donors (Lipinski definition) is 7. The molecular formula is C56H76Cl3N23Na4O17S5. The number of azo groups is 2. The van der Waals surface area contributed by atoms with Crippen molar-refractivity contribution in [1.29, 1.82) is 10.5 Å². The molecule has 0 saturated carbocycles. The molecule has 4 aromatic heterocycles. The van der Waals surface area contributed by atoms with Crippen molar-refractivity contribution < 1.29 is 194 Å². The summed E-state index contributed by atoms with van der Waals surface area (Å²) in [5.41, 5.74) is 7.77. The molecule has 4 heterocycles. The number of hydrogen-bond acceptors (Lipinski definition) is 36. The molecule has 52 heteroatoms. The summed E-state index contributed by atoms with van der Waals surface area (Å²) >= 11 is 16.7. The summed E-state index contributed by atoms with van der Waals surface area (Å²) < 4.78 is 132. The zero-order valence-corrected chi connectivity index (χ0v) is 76.0. The van der Waals surface area contributed by atoms with Gasteiger partial charge in [-0.25, -0.2) is 25.3 Å². The number of H-pyrrole nitrogens is 1. The van der Waals surface area contributed by atoms with Gasteiger partial charge in [0.1, 0.15) is 34.6 Å². The van der Waals surface area contributed by atoms with Crippen molar-refractivity contribution in [3.63, 3.8) is 0 Å². The third-order valence-electron chi connectivity index (χ3n) is 12.9. The van der Waals surface area contributed by atoms with Crippen molar-refractivity contribution in [2.24, 2.45) is 26.2 Å². The predicted octanol–water partition coefficient (Wildman–Crippen LogP) is -5.22. The van der Waals surface area contributed by atoms with Crippen LogP contribution in [0, 0.1) is 22.7 Å². The minimum absolute atomic E-state index is 0. The van der Waals surface area contributed by atoms with E-state index in [1.54, 1.807) is 30.3 Å². The van der Waals surface area contributed by atoms with E-state index in [2.05, 4.69) is 108 Å². The molecule has 0 unspecified atom stereocenters. The van der Waals surface area contributed by atoms with Crippen LogP contribution >= 0.6 is 46.8 Å². The van der Waals surface area contributed by atoms with Crippen LogP contribution in [0.1, 0.15) is 117 Å². The normalized spacial score (nSPS) is 11.4. The monoisotopic (exact) mass is 1700 g/mol. The molecular weight excluding hydrogens is 1630 g/mol. The Morgan fingerprint density at radius 2 is 1.10 bits per heavy atom. The molecule has 0 aliphatic rings. The smallest absolute Gasteiger partial charge is 0.748 e. The van der Waals surface area contributed by atoms with Crippen LogP contribution in [0.2, 0.25) is 15.9 Å². The average Bonchev–Trinajstić information content (AvgIpc) is 1.62. The number of amides is 2. The standard InChI is InChI=1S/C29H42N12O10S3.C22H31N7O4S.C3Cl3N3.C2H7NO3S.4Na/c1-6-40(13-7-8-15-53(44,45)46)20-9-10-22(23(17-20)33-19(2)42)37-38-25-21(18-30)24(29(3,4)5)39-41(25)28-35-26(31-11-14-52-51-50-43)34-27(36-28)32-12-16-54(47,48)49;1-6-29(11-7-8-12-34(31,32)33)16-9-10-18(19(13-16)24-15(2)30)25-27-21-17(14-23)20(26-28-21)22(3,4)5;4-1-7-2(5)9-3(6)8-1;3-1-2-7(4,5)6;;;;/h9-10,17,43H,6-8,11-16H2,1-5H3,(H,33,42)(H,44,45,46)(H,47,48,49)(H2,31,32,34,35,36);9-10,13H,6-8,11-12H2,1-5H3,(H,24,30)(H,26,28)(H,31,32,33);;1-3H2,(H,4,5,6);;;;/q;;;;4*+1/p-4. The summed E-state index contributed by atoms with van der Waals surface area (Å²) in [5, 5.41) is 73.0. The Labute approximate surface area is 733 Å². The van der Waals surface area contributed by atoms with Crippen LogP contribution in [0.25, 0.3) is 5.95 Å². The molecule has 0 aliphatic heterocycles. The van der Waals surface area contributed by atoms with Gasteiger partial charge in [0.05, 0.1) is 64.6 Å². The molecule has 108 heavy (non-hydrogen) atoms. The number of benzene rings is 2. The maximum absolute atomic E-state index is 12.2. The minimum Gasteiger partial charge on any atom is -0.748 e. The number of aromatic amines is 1. The molecule has 0 aliphatic carbocycles. The van der Waals surface area contributed by atoms with Crippen LogP contribution < -0.4 is 160 Å². The Kier molecular flexibility index (Phi) is 49.9. The van der Waals surface area contributed by atoms with Gasteiger partial charge in [-0.1, -0.05) is 41.5 Å². The van der Waals surface area contributed by atoms with E-state index in [-0.39, 0.29) is 236 Å². The topological polar surface area (TPSA) is 603 Å². The largest absolute Gasteiger partial charge is 1.00 e. The first-order valence-electron chi connectivity index (χ1n) is 30.6. The summed E-state index contributed by atoms with van der Waals surface area (Å²) in [7, 11) is -16.9. The number of carbonyl (C=O) groups excluding carboxylic acids is 2. The molecule has 0 bridgehead atoms. The van der Waals surface area contributed by atoms with Crippen molar-refractivity contribution in [1.82, 2.24) is 49.9 Å². The molecule has 0 spiro atoms. The van der Waals surface area contributed by atoms with Gasteiger partial charge in [0.2, 0.25) is 45.4 Å². The fourth-order valence-electron chi connectivity index (χ4n) is 8.44. The van der Waals surface area contributed by atoms with Gasteiger partial charge in [-0.05, 0) is 111 Å². The second kappa shape index (κ2) is 50.9. The molecule has 2 aromatic carbocycles. The number of nitrogens with one attached hydrogen (secondary N) is 5. The van der Waals surface area contributed by atoms with Crippen LogP contribution in [-0.4, -0.2) is 188 Å². The number of unbranched alkanes of at least 4 members (excludes halogenated alkanes) is 2.